The van der Waals surface area contributed by atoms with E-state index in [1.54, 1.807) is 4.90 Å². The van der Waals surface area contributed by atoms with Crippen LogP contribution in [0.4, 0.5) is 10.7 Å². The average molecular weight is 443 g/mol. The Bertz CT molecular complexity index is 1040. The van der Waals surface area contributed by atoms with Crippen LogP contribution in [0.5, 0.6) is 0 Å². The molecule has 3 aromatic rings. The number of halogens is 1. The molecule has 4 rings (SSSR count). The van der Waals surface area contributed by atoms with Crippen molar-refractivity contribution in [1.82, 2.24) is 24.5 Å². The maximum atomic E-state index is 12.5. The maximum Gasteiger partial charge on any atom is 0.410 e. The Morgan fingerprint density at radius 3 is 2.84 bits per heavy atom. The predicted molar refractivity (Wildman–Crippen MR) is 120 cm³/mol. The summed E-state index contributed by atoms with van der Waals surface area (Å²) in [5.74, 6) is 0.757. The van der Waals surface area contributed by atoms with Gasteiger partial charge in [-0.15, -0.1) is 11.6 Å². The van der Waals surface area contributed by atoms with Crippen LogP contribution in [0.3, 0.4) is 0 Å². The second-order valence-electron chi connectivity index (χ2n) is 8.71. The molecule has 1 aliphatic rings. The minimum absolute atomic E-state index is 0.0285. The van der Waals surface area contributed by atoms with Gasteiger partial charge in [0.25, 0.3) is 0 Å². The largest absolute Gasteiger partial charge is 0.444 e. The molecule has 4 heterocycles. The van der Waals surface area contributed by atoms with Crippen molar-refractivity contribution in [3.05, 3.63) is 42.2 Å². The Labute approximate surface area is 186 Å². The summed E-state index contributed by atoms with van der Waals surface area (Å²) in [5.41, 5.74) is 2.64. The van der Waals surface area contributed by atoms with Gasteiger partial charge < -0.3 is 15.0 Å². The number of pyridine rings is 1. The van der Waals surface area contributed by atoms with Crippen LogP contribution in [0, 0.1) is 0 Å². The Morgan fingerprint density at radius 2 is 2.10 bits per heavy atom. The van der Waals surface area contributed by atoms with Crippen molar-refractivity contribution in [1.29, 1.82) is 0 Å². The Morgan fingerprint density at radius 1 is 1.26 bits per heavy atom. The third-order valence-electron chi connectivity index (χ3n) is 4.95. The van der Waals surface area contributed by atoms with E-state index in [4.69, 9.17) is 16.3 Å². The zero-order valence-electron chi connectivity index (χ0n) is 18.0. The smallest absolute Gasteiger partial charge is 0.410 e. The van der Waals surface area contributed by atoms with Gasteiger partial charge in [-0.1, -0.05) is 6.07 Å². The standard InChI is InChI=1S/C22H27ClN6O2/c1-22(2,3)31-21(30)28-9-6-7-15(14-28)24-20-25-16(13-23)11-18(26-20)19-12-17-8-4-5-10-29(17)27-19/h4-5,8,10-12,15H,6-7,9,13-14H2,1-3H3,(H,24,25,26)/t15-/m1/s1. The van der Waals surface area contributed by atoms with Gasteiger partial charge in [0.1, 0.15) is 11.3 Å². The predicted octanol–water partition coefficient (Wildman–Crippen LogP) is 4.34. The molecule has 0 saturated carbocycles. The van der Waals surface area contributed by atoms with Crippen LogP contribution in [0.2, 0.25) is 0 Å². The molecule has 0 aromatic carbocycles. The summed E-state index contributed by atoms with van der Waals surface area (Å²) < 4.78 is 7.33. The minimum atomic E-state index is -0.516. The van der Waals surface area contributed by atoms with Crippen LogP contribution in [-0.2, 0) is 10.6 Å². The molecular formula is C22H27ClN6O2. The molecule has 9 heteroatoms. The van der Waals surface area contributed by atoms with Gasteiger partial charge in [-0.05, 0) is 57.9 Å². The Hall–Kier alpha value is -2.87. The van der Waals surface area contributed by atoms with E-state index in [0.29, 0.717) is 30.4 Å². The number of nitrogens with zero attached hydrogens (tertiary/aromatic N) is 5. The van der Waals surface area contributed by atoms with Crippen molar-refractivity contribution in [2.75, 3.05) is 18.4 Å². The summed E-state index contributed by atoms with van der Waals surface area (Å²) in [6, 6.07) is 9.76. The number of ether oxygens (including phenoxy) is 1. The molecule has 8 nitrogen and oxygen atoms in total. The summed E-state index contributed by atoms with van der Waals surface area (Å²) in [4.78, 5) is 23.4. The number of hydrogen-bond donors (Lipinski definition) is 1. The second-order valence-corrected chi connectivity index (χ2v) is 8.98. The molecule has 1 aliphatic heterocycles. The molecule has 0 bridgehead atoms. The van der Waals surface area contributed by atoms with E-state index in [-0.39, 0.29) is 18.0 Å². The molecule has 0 unspecified atom stereocenters. The number of carbonyl (C=O) groups excluding carboxylic acids is 1. The van der Waals surface area contributed by atoms with E-state index < -0.39 is 5.60 Å². The van der Waals surface area contributed by atoms with Crippen molar-refractivity contribution in [2.45, 2.75) is 51.1 Å². The highest BCUT2D eigenvalue weighted by Gasteiger charge is 2.28. The lowest BCUT2D eigenvalue weighted by Gasteiger charge is -2.34. The van der Waals surface area contributed by atoms with Gasteiger partial charge in [-0.2, -0.15) is 5.10 Å². The van der Waals surface area contributed by atoms with E-state index in [2.05, 4.69) is 20.4 Å². The van der Waals surface area contributed by atoms with Crippen LogP contribution >= 0.6 is 11.6 Å². The van der Waals surface area contributed by atoms with Gasteiger partial charge in [-0.3, -0.25) is 0 Å². The zero-order valence-corrected chi connectivity index (χ0v) is 18.8. The zero-order chi connectivity index (χ0) is 22.0. The molecule has 1 N–H and O–H groups in total. The Kier molecular flexibility index (Phi) is 6.00. The van der Waals surface area contributed by atoms with E-state index in [1.807, 2.05) is 61.8 Å². The topological polar surface area (TPSA) is 84.7 Å². The normalized spacial score (nSPS) is 17.0. The summed E-state index contributed by atoms with van der Waals surface area (Å²) >= 11 is 6.09. The summed E-state index contributed by atoms with van der Waals surface area (Å²) in [6.45, 7) is 6.83. The summed E-state index contributed by atoms with van der Waals surface area (Å²) in [7, 11) is 0. The molecule has 0 radical (unpaired) electrons. The fourth-order valence-corrected chi connectivity index (χ4v) is 3.73. The van der Waals surface area contributed by atoms with Crippen molar-refractivity contribution in [3.8, 4) is 11.4 Å². The van der Waals surface area contributed by atoms with E-state index in [9.17, 15) is 4.79 Å². The first kappa shape index (κ1) is 21.4. The van der Waals surface area contributed by atoms with Crippen LogP contribution in [0.15, 0.2) is 36.5 Å². The third-order valence-corrected chi connectivity index (χ3v) is 5.23. The fraction of sp³-hybridized carbons (Fsp3) is 0.455. The molecule has 164 valence electrons. The lowest BCUT2D eigenvalue weighted by Crippen LogP contribution is -2.47. The molecule has 0 spiro atoms. The number of aromatic nitrogens is 4. The number of nitrogens with one attached hydrogen (secondary N) is 1. The molecule has 1 fully saturated rings. The van der Waals surface area contributed by atoms with E-state index in [0.717, 1.165) is 24.1 Å². The summed E-state index contributed by atoms with van der Waals surface area (Å²) in [6.07, 6.45) is 3.40. The van der Waals surface area contributed by atoms with Crippen LogP contribution in [0.25, 0.3) is 16.9 Å². The van der Waals surface area contributed by atoms with Crippen molar-refractivity contribution in [2.24, 2.45) is 0 Å². The van der Waals surface area contributed by atoms with Gasteiger partial charge in [0.15, 0.2) is 0 Å². The first-order valence-electron chi connectivity index (χ1n) is 10.4. The highest BCUT2D eigenvalue weighted by Crippen LogP contribution is 2.22. The Balaban J connectivity index is 1.53. The molecular weight excluding hydrogens is 416 g/mol. The molecule has 0 aliphatic carbocycles. The quantitative estimate of drug-likeness (QED) is 0.605. The number of piperidine rings is 1. The number of anilines is 1. The van der Waals surface area contributed by atoms with E-state index in [1.165, 1.54) is 0 Å². The van der Waals surface area contributed by atoms with Crippen molar-refractivity contribution < 1.29 is 9.53 Å². The SMILES string of the molecule is CC(C)(C)OC(=O)N1CCC[C@@H](Nc2nc(CCl)cc(-c3cc4ccccn4n3)n2)C1. The first-order valence-corrected chi connectivity index (χ1v) is 11.0. The van der Waals surface area contributed by atoms with Crippen molar-refractivity contribution in [3.63, 3.8) is 0 Å². The fourth-order valence-electron chi connectivity index (χ4n) is 3.59. The van der Waals surface area contributed by atoms with Gasteiger partial charge in [0.05, 0.1) is 22.8 Å². The lowest BCUT2D eigenvalue weighted by atomic mass is 10.1. The highest BCUT2D eigenvalue weighted by atomic mass is 35.5. The highest BCUT2D eigenvalue weighted by molar-refractivity contribution is 6.16. The first-order chi connectivity index (χ1) is 14.8. The molecule has 1 saturated heterocycles. The third kappa shape index (κ3) is 5.25. The number of likely N-dealkylation sites (tertiary alicyclic amines) is 1. The van der Waals surface area contributed by atoms with Crippen LogP contribution in [-0.4, -0.2) is 55.3 Å². The monoisotopic (exact) mass is 442 g/mol. The number of alkyl halides is 1. The number of fused-ring (bicyclic) bond motifs is 1. The maximum absolute atomic E-state index is 12.5. The van der Waals surface area contributed by atoms with Gasteiger partial charge >= 0.3 is 6.09 Å². The molecule has 3 aromatic heterocycles. The molecule has 1 amide bonds. The van der Waals surface area contributed by atoms with Crippen molar-refractivity contribution >= 4 is 29.2 Å². The molecule has 1 atom stereocenters. The number of amides is 1. The van der Waals surface area contributed by atoms with E-state index >= 15 is 0 Å². The van der Waals surface area contributed by atoms with Gasteiger partial charge in [0, 0.05) is 25.3 Å². The molecule has 31 heavy (non-hydrogen) atoms. The summed E-state index contributed by atoms with van der Waals surface area (Å²) in [5, 5.41) is 7.98. The number of rotatable bonds is 4. The number of hydrogen-bond acceptors (Lipinski definition) is 6. The van der Waals surface area contributed by atoms with Gasteiger partial charge in [-0.25, -0.2) is 19.3 Å². The lowest BCUT2D eigenvalue weighted by molar-refractivity contribution is 0.0206. The second kappa shape index (κ2) is 8.70. The van der Waals surface area contributed by atoms with Crippen LogP contribution < -0.4 is 5.32 Å². The minimum Gasteiger partial charge on any atom is -0.444 e. The van der Waals surface area contributed by atoms with Gasteiger partial charge in [0.2, 0.25) is 5.95 Å². The average Bonchev–Trinajstić information content (AvgIpc) is 3.17. The number of carbonyl (C=O) groups is 1. The van der Waals surface area contributed by atoms with Crippen LogP contribution in [0.1, 0.15) is 39.3 Å².